The van der Waals surface area contributed by atoms with Gasteiger partial charge in [0.1, 0.15) is 6.61 Å². The highest BCUT2D eigenvalue weighted by Crippen LogP contribution is 2.19. The van der Waals surface area contributed by atoms with Crippen molar-refractivity contribution < 1.29 is 19.0 Å². The number of carbonyl (C=O) groups excluding carboxylic acids is 1. The molecule has 1 fully saturated rings. The summed E-state index contributed by atoms with van der Waals surface area (Å²) in [4.78, 5) is 10.7. The number of hydrogen-bond acceptors (Lipinski definition) is 4. The van der Waals surface area contributed by atoms with Crippen molar-refractivity contribution >= 4 is 5.97 Å². The monoisotopic (exact) mass is 154 g/mol. The van der Waals surface area contributed by atoms with Gasteiger partial charge in [-0.25, -0.2) is 4.79 Å². The minimum absolute atomic E-state index is 0.0458. The Hall–Kier alpha value is -1.29. The van der Waals surface area contributed by atoms with Gasteiger partial charge < -0.3 is 14.2 Å². The zero-order valence-electron chi connectivity index (χ0n) is 5.65. The number of rotatable bonds is 0. The molecule has 0 aromatic rings. The topological polar surface area (TPSA) is 44.8 Å². The highest BCUT2D eigenvalue weighted by atomic mass is 16.7. The molecule has 0 radical (unpaired) electrons. The van der Waals surface area contributed by atoms with E-state index in [4.69, 9.17) is 14.2 Å². The molecule has 1 atom stereocenters. The fourth-order valence-electron chi connectivity index (χ4n) is 0.905. The van der Waals surface area contributed by atoms with Crippen LogP contribution in [0.2, 0.25) is 0 Å². The number of hydrogen-bond donors (Lipinski definition) is 0. The lowest BCUT2D eigenvalue weighted by Gasteiger charge is -2.25. The van der Waals surface area contributed by atoms with E-state index in [9.17, 15) is 4.79 Å². The summed E-state index contributed by atoms with van der Waals surface area (Å²) in [7, 11) is 0. The molecule has 0 amide bonds. The second kappa shape index (κ2) is 2.39. The smallest absolute Gasteiger partial charge is 0.337 e. The molecule has 0 aromatic heterocycles. The molecule has 0 aliphatic carbocycles. The van der Waals surface area contributed by atoms with E-state index in [1.54, 1.807) is 12.2 Å². The Morgan fingerprint density at radius 1 is 1.55 bits per heavy atom. The first-order valence-electron chi connectivity index (χ1n) is 3.21. The Bertz CT molecular complexity index is 241. The van der Waals surface area contributed by atoms with Gasteiger partial charge in [-0.2, -0.15) is 0 Å². The summed E-state index contributed by atoms with van der Waals surface area (Å²) in [5, 5.41) is 0. The molecule has 0 N–H and O–H groups in total. The van der Waals surface area contributed by atoms with Crippen molar-refractivity contribution in [1.29, 1.82) is 0 Å². The summed E-state index contributed by atoms with van der Waals surface area (Å²) in [6.07, 6.45) is 4.25. The van der Waals surface area contributed by atoms with Gasteiger partial charge >= 0.3 is 5.97 Å². The van der Waals surface area contributed by atoms with Crippen molar-refractivity contribution in [2.75, 3.05) is 6.61 Å². The van der Waals surface area contributed by atoms with Crippen LogP contribution in [0.1, 0.15) is 0 Å². The lowest BCUT2D eigenvalue weighted by atomic mass is 10.3. The van der Waals surface area contributed by atoms with Crippen LogP contribution in [0.4, 0.5) is 0 Å². The minimum atomic E-state index is -0.530. The van der Waals surface area contributed by atoms with Crippen LogP contribution in [0.3, 0.4) is 0 Å². The van der Waals surface area contributed by atoms with Crippen molar-refractivity contribution in [1.82, 2.24) is 0 Å². The number of fused-ring (bicyclic) bond motifs is 1. The molecule has 0 saturated carbocycles. The van der Waals surface area contributed by atoms with Crippen LogP contribution in [-0.2, 0) is 19.0 Å². The van der Waals surface area contributed by atoms with Gasteiger partial charge in [0.15, 0.2) is 5.76 Å². The van der Waals surface area contributed by atoms with Crippen LogP contribution >= 0.6 is 0 Å². The molecule has 2 rings (SSSR count). The molecule has 2 aliphatic heterocycles. The van der Waals surface area contributed by atoms with E-state index >= 15 is 0 Å². The SMILES string of the molecule is O=C1COC2OC=CC=C2O1. The molecular formula is C7H6O4. The van der Waals surface area contributed by atoms with Gasteiger partial charge in [-0.05, 0) is 12.2 Å². The van der Waals surface area contributed by atoms with Gasteiger partial charge in [0.25, 0.3) is 6.29 Å². The van der Waals surface area contributed by atoms with E-state index < -0.39 is 6.29 Å². The minimum Gasteiger partial charge on any atom is -0.465 e. The Balaban J connectivity index is 2.18. The van der Waals surface area contributed by atoms with E-state index in [2.05, 4.69) is 0 Å². The number of esters is 1. The molecule has 0 aromatic carbocycles. The number of ether oxygens (including phenoxy) is 3. The zero-order valence-corrected chi connectivity index (χ0v) is 5.65. The predicted molar refractivity (Wildman–Crippen MR) is 34.1 cm³/mol. The summed E-state index contributed by atoms with van der Waals surface area (Å²) in [6.45, 7) is -0.0458. The maximum absolute atomic E-state index is 10.7. The van der Waals surface area contributed by atoms with Crippen LogP contribution in [0.25, 0.3) is 0 Å². The van der Waals surface area contributed by atoms with Crippen molar-refractivity contribution in [2.45, 2.75) is 6.29 Å². The standard InChI is InChI=1S/C7H6O4/c8-6-4-10-7-5(11-6)2-1-3-9-7/h1-3,7H,4H2. The second-order valence-electron chi connectivity index (χ2n) is 2.15. The van der Waals surface area contributed by atoms with Crippen LogP contribution in [-0.4, -0.2) is 18.9 Å². The van der Waals surface area contributed by atoms with Crippen LogP contribution in [0.5, 0.6) is 0 Å². The van der Waals surface area contributed by atoms with Crippen molar-refractivity contribution in [2.24, 2.45) is 0 Å². The van der Waals surface area contributed by atoms with E-state index in [-0.39, 0.29) is 12.6 Å². The summed E-state index contributed by atoms with van der Waals surface area (Å²) in [5.41, 5.74) is 0. The third-order valence-electron chi connectivity index (χ3n) is 1.36. The van der Waals surface area contributed by atoms with E-state index in [1.807, 2.05) is 0 Å². The lowest BCUT2D eigenvalue weighted by molar-refractivity contribution is -0.182. The van der Waals surface area contributed by atoms with Crippen molar-refractivity contribution in [3.63, 3.8) is 0 Å². The van der Waals surface area contributed by atoms with E-state index in [1.165, 1.54) is 6.26 Å². The number of carbonyl (C=O) groups is 1. The summed E-state index contributed by atoms with van der Waals surface area (Å²) < 4.78 is 14.8. The highest BCUT2D eigenvalue weighted by Gasteiger charge is 2.27. The normalized spacial score (nSPS) is 28.2. The predicted octanol–water partition coefficient (Wildman–Crippen LogP) is 0.314. The Kier molecular flexibility index (Phi) is 1.40. The molecule has 2 aliphatic rings. The Morgan fingerprint density at radius 3 is 3.36 bits per heavy atom. The fraction of sp³-hybridized carbons (Fsp3) is 0.286. The maximum atomic E-state index is 10.7. The van der Waals surface area contributed by atoms with E-state index in [0.29, 0.717) is 5.76 Å². The van der Waals surface area contributed by atoms with Gasteiger partial charge in [0.05, 0.1) is 6.26 Å². The molecule has 11 heavy (non-hydrogen) atoms. The fourth-order valence-corrected chi connectivity index (χ4v) is 0.905. The molecule has 0 bridgehead atoms. The molecule has 1 saturated heterocycles. The van der Waals surface area contributed by atoms with Crippen molar-refractivity contribution in [3.05, 3.63) is 24.2 Å². The first kappa shape index (κ1) is 6.42. The third-order valence-corrected chi connectivity index (χ3v) is 1.36. The average Bonchev–Trinajstić information content (AvgIpc) is 2.04. The van der Waals surface area contributed by atoms with E-state index in [0.717, 1.165) is 0 Å². The molecule has 2 heterocycles. The molecule has 58 valence electrons. The summed E-state index contributed by atoms with van der Waals surface area (Å²) in [6, 6.07) is 0. The molecule has 4 heteroatoms. The van der Waals surface area contributed by atoms with Gasteiger partial charge in [-0.3, -0.25) is 0 Å². The van der Waals surface area contributed by atoms with Crippen LogP contribution in [0.15, 0.2) is 24.2 Å². The van der Waals surface area contributed by atoms with Crippen LogP contribution in [0, 0.1) is 0 Å². The molecular weight excluding hydrogens is 148 g/mol. The largest absolute Gasteiger partial charge is 0.465 e. The first-order valence-corrected chi connectivity index (χ1v) is 3.21. The van der Waals surface area contributed by atoms with Gasteiger partial charge in [0.2, 0.25) is 0 Å². The molecule has 1 unspecified atom stereocenters. The molecule has 0 spiro atoms. The molecule has 4 nitrogen and oxygen atoms in total. The maximum Gasteiger partial charge on any atom is 0.337 e. The summed E-state index contributed by atoms with van der Waals surface area (Å²) >= 11 is 0. The van der Waals surface area contributed by atoms with Crippen molar-refractivity contribution in [3.8, 4) is 0 Å². The third kappa shape index (κ3) is 1.12. The van der Waals surface area contributed by atoms with Gasteiger partial charge in [-0.15, -0.1) is 0 Å². The van der Waals surface area contributed by atoms with Gasteiger partial charge in [-0.1, -0.05) is 0 Å². The zero-order chi connectivity index (χ0) is 7.68. The Morgan fingerprint density at radius 2 is 2.45 bits per heavy atom. The second-order valence-corrected chi connectivity index (χ2v) is 2.15. The lowest BCUT2D eigenvalue weighted by Crippen LogP contribution is -2.32. The quantitative estimate of drug-likeness (QED) is 0.471. The first-order chi connectivity index (χ1) is 5.36. The Labute approximate surface area is 63.0 Å². The van der Waals surface area contributed by atoms with Gasteiger partial charge in [0, 0.05) is 0 Å². The number of allylic oxidation sites excluding steroid dienone is 2. The highest BCUT2D eigenvalue weighted by molar-refractivity contribution is 5.72. The average molecular weight is 154 g/mol. The summed E-state index contributed by atoms with van der Waals surface area (Å²) in [5.74, 6) is 0.0372. The van der Waals surface area contributed by atoms with Crippen LogP contribution < -0.4 is 0 Å².